The number of halogens is 3. The van der Waals surface area contributed by atoms with Crippen molar-refractivity contribution < 1.29 is 35.9 Å². The lowest BCUT2D eigenvalue weighted by Crippen LogP contribution is -2.44. The summed E-state index contributed by atoms with van der Waals surface area (Å²) >= 11 is 0. The van der Waals surface area contributed by atoms with Gasteiger partial charge < -0.3 is 10.1 Å². The molecule has 1 amide bonds. The minimum absolute atomic E-state index is 0.938. The van der Waals surface area contributed by atoms with E-state index in [2.05, 4.69) is 4.74 Å². The van der Waals surface area contributed by atoms with Gasteiger partial charge in [0.05, 0.1) is 19.3 Å². The van der Waals surface area contributed by atoms with Crippen LogP contribution >= 0.6 is 0 Å². The highest BCUT2D eigenvalue weighted by atomic mass is 32.2. The van der Waals surface area contributed by atoms with Crippen LogP contribution < -0.4 is 5.32 Å². The standard InChI is InChI=1S/C8H10F3NO5S/c1-17-7(14)4-3-18(15,16)5(8(9,10)11)2-6(13)12-4/h4-5H,2-3H2,1H3,(H,12,13)/t4-,5+/m0/s1. The van der Waals surface area contributed by atoms with Gasteiger partial charge in [0, 0.05) is 0 Å². The highest BCUT2D eigenvalue weighted by molar-refractivity contribution is 7.92. The summed E-state index contributed by atoms with van der Waals surface area (Å²) in [6, 6.07) is -1.61. The molecule has 1 aliphatic rings. The molecule has 0 radical (unpaired) electrons. The number of amides is 1. The number of nitrogens with one attached hydrogen (secondary N) is 1. The van der Waals surface area contributed by atoms with E-state index in [1.165, 1.54) is 0 Å². The normalized spacial score (nSPS) is 28.1. The Balaban J connectivity index is 3.11. The first kappa shape index (κ1) is 14.7. The van der Waals surface area contributed by atoms with E-state index < -0.39 is 51.4 Å². The number of methoxy groups -OCH3 is 1. The molecule has 0 spiro atoms. The number of esters is 1. The van der Waals surface area contributed by atoms with Gasteiger partial charge in [0.2, 0.25) is 5.91 Å². The van der Waals surface area contributed by atoms with Gasteiger partial charge in [-0.1, -0.05) is 0 Å². The molecule has 1 aliphatic heterocycles. The Bertz CT molecular complexity index is 458. The average Bonchev–Trinajstić information content (AvgIpc) is 2.33. The summed E-state index contributed by atoms with van der Waals surface area (Å²) in [5, 5.41) is -0.897. The van der Waals surface area contributed by atoms with Crippen molar-refractivity contribution in [2.75, 3.05) is 12.9 Å². The monoisotopic (exact) mass is 289 g/mol. The van der Waals surface area contributed by atoms with Crippen LogP contribution in [0.1, 0.15) is 6.42 Å². The fourth-order valence-corrected chi connectivity index (χ4v) is 3.26. The fraction of sp³-hybridized carbons (Fsp3) is 0.750. The molecule has 1 fully saturated rings. The van der Waals surface area contributed by atoms with E-state index in [0.29, 0.717) is 0 Å². The number of carbonyl (C=O) groups is 2. The molecular formula is C8H10F3NO5S. The van der Waals surface area contributed by atoms with Crippen molar-refractivity contribution in [3.63, 3.8) is 0 Å². The molecule has 6 nitrogen and oxygen atoms in total. The molecule has 0 aromatic rings. The van der Waals surface area contributed by atoms with Gasteiger partial charge in [0.25, 0.3) is 0 Å². The van der Waals surface area contributed by atoms with Gasteiger partial charge in [0.1, 0.15) is 6.04 Å². The Labute approximate surface area is 100 Å². The van der Waals surface area contributed by atoms with E-state index in [1.54, 1.807) is 0 Å². The van der Waals surface area contributed by atoms with E-state index in [9.17, 15) is 31.2 Å². The summed E-state index contributed by atoms with van der Waals surface area (Å²) in [6.07, 6.45) is -6.31. The summed E-state index contributed by atoms with van der Waals surface area (Å²) in [5.74, 6) is -3.39. The lowest BCUT2D eigenvalue weighted by molar-refractivity contribution is -0.145. The Kier molecular flexibility index (Phi) is 3.89. The van der Waals surface area contributed by atoms with Gasteiger partial charge in [-0.3, -0.25) is 4.79 Å². The fourth-order valence-electron chi connectivity index (χ4n) is 1.53. The second-order valence-corrected chi connectivity index (χ2v) is 5.94. The summed E-state index contributed by atoms with van der Waals surface area (Å²) in [6.45, 7) is 0. The van der Waals surface area contributed by atoms with Gasteiger partial charge >= 0.3 is 12.1 Å². The van der Waals surface area contributed by atoms with Crippen molar-refractivity contribution >= 4 is 21.7 Å². The molecule has 0 saturated carbocycles. The van der Waals surface area contributed by atoms with Gasteiger partial charge in [-0.25, -0.2) is 13.2 Å². The molecule has 0 aromatic carbocycles. The minimum atomic E-state index is -5.05. The van der Waals surface area contributed by atoms with Crippen LogP contribution in [-0.4, -0.2) is 50.6 Å². The topological polar surface area (TPSA) is 89.5 Å². The maximum absolute atomic E-state index is 12.5. The smallest absolute Gasteiger partial charge is 0.405 e. The molecule has 0 unspecified atom stereocenters. The SMILES string of the molecule is COC(=O)[C@@H]1CS(=O)(=O)[C@@H](C(F)(F)F)CC(=O)N1. The second-order valence-electron chi connectivity index (χ2n) is 3.71. The molecular weight excluding hydrogens is 279 g/mol. The molecule has 1 heterocycles. The lowest BCUT2D eigenvalue weighted by atomic mass is 10.2. The lowest BCUT2D eigenvalue weighted by Gasteiger charge is -2.17. The third kappa shape index (κ3) is 3.12. The van der Waals surface area contributed by atoms with E-state index in [-0.39, 0.29) is 0 Å². The first-order valence-electron chi connectivity index (χ1n) is 4.73. The van der Waals surface area contributed by atoms with Crippen molar-refractivity contribution in [1.82, 2.24) is 5.32 Å². The zero-order valence-corrected chi connectivity index (χ0v) is 9.97. The van der Waals surface area contributed by atoms with Crippen molar-refractivity contribution in [2.24, 2.45) is 0 Å². The molecule has 0 aliphatic carbocycles. The van der Waals surface area contributed by atoms with E-state index >= 15 is 0 Å². The Morgan fingerprint density at radius 3 is 2.44 bits per heavy atom. The van der Waals surface area contributed by atoms with E-state index in [1.807, 2.05) is 5.32 Å². The van der Waals surface area contributed by atoms with Crippen LogP contribution in [0.25, 0.3) is 0 Å². The molecule has 1 rings (SSSR count). The van der Waals surface area contributed by atoms with Gasteiger partial charge in [-0.15, -0.1) is 0 Å². The van der Waals surface area contributed by atoms with E-state index in [4.69, 9.17) is 0 Å². The van der Waals surface area contributed by atoms with Crippen LogP contribution in [0.5, 0.6) is 0 Å². The summed E-state index contributed by atoms with van der Waals surface area (Å²) < 4.78 is 64.8. The maximum Gasteiger partial charge on any atom is 0.405 e. The van der Waals surface area contributed by atoms with Crippen LogP contribution in [-0.2, 0) is 24.2 Å². The molecule has 2 atom stereocenters. The third-order valence-corrected chi connectivity index (χ3v) is 4.49. The van der Waals surface area contributed by atoms with Gasteiger partial charge in [0.15, 0.2) is 15.1 Å². The summed E-state index contributed by atoms with van der Waals surface area (Å²) in [4.78, 5) is 22.3. The molecule has 104 valence electrons. The number of carbonyl (C=O) groups excluding carboxylic acids is 2. The Morgan fingerprint density at radius 2 is 2.00 bits per heavy atom. The second kappa shape index (κ2) is 4.75. The molecule has 0 bridgehead atoms. The largest absolute Gasteiger partial charge is 0.467 e. The van der Waals surface area contributed by atoms with E-state index in [0.717, 1.165) is 7.11 Å². The van der Waals surface area contributed by atoms with Crippen molar-refractivity contribution in [3.05, 3.63) is 0 Å². The Morgan fingerprint density at radius 1 is 1.44 bits per heavy atom. The quantitative estimate of drug-likeness (QED) is 0.651. The van der Waals surface area contributed by atoms with Gasteiger partial charge in [-0.2, -0.15) is 13.2 Å². The maximum atomic E-state index is 12.5. The summed E-state index contributed by atoms with van der Waals surface area (Å²) in [7, 11) is -3.73. The summed E-state index contributed by atoms with van der Waals surface area (Å²) in [5.41, 5.74) is 0. The molecule has 10 heteroatoms. The number of sulfone groups is 1. The third-order valence-electron chi connectivity index (χ3n) is 2.39. The first-order valence-corrected chi connectivity index (χ1v) is 6.45. The van der Waals surface area contributed by atoms with Crippen LogP contribution in [0, 0.1) is 0 Å². The number of hydrogen-bond donors (Lipinski definition) is 1. The Hall–Kier alpha value is -1.32. The molecule has 18 heavy (non-hydrogen) atoms. The molecule has 0 aromatic heterocycles. The average molecular weight is 289 g/mol. The number of rotatable bonds is 1. The molecule has 1 saturated heterocycles. The number of ether oxygens (including phenoxy) is 1. The van der Waals surface area contributed by atoms with Crippen LogP contribution in [0.4, 0.5) is 13.2 Å². The highest BCUT2D eigenvalue weighted by Gasteiger charge is 2.52. The number of alkyl halides is 3. The van der Waals surface area contributed by atoms with Gasteiger partial charge in [-0.05, 0) is 0 Å². The highest BCUT2D eigenvalue weighted by Crippen LogP contribution is 2.30. The van der Waals surface area contributed by atoms with Crippen LogP contribution in [0.15, 0.2) is 0 Å². The van der Waals surface area contributed by atoms with Crippen molar-refractivity contribution in [1.29, 1.82) is 0 Å². The van der Waals surface area contributed by atoms with Crippen LogP contribution in [0.3, 0.4) is 0 Å². The van der Waals surface area contributed by atoms with Crippen molar-refractivity contribution in [3.8, 4) is 0 Å². The zero-order valence-electron chi connectivity index (χ0n) is 9.15. The van der Waals surface area contributed by atoms with Crippen molar-refractivity contribution in [2.45, 2.75) is 23.9 Å². The predicted molar refractivity (Wildman–Crippen MR) is 52.2 cm³/mol. The zero-order chi connectivity index (χ0) is 14.1. The minimum Gasteiger partial charge on any atom is -0.467 e. The molecule has 1 N–H and O–H groups in total. The number of hydrogen-bond acceptors (Lipinski definition) is 5. The first-order chi connectivity index (χ1) is 8.08. The predicted octanol–water partition coefficient (Wildman–Crippen LogP) is -0.606. The van der Waals surface area contributed by atoms with Crippen LogP contribution in [0.2, 0.25) is 0 Å².